The molecule has 3 heteroatoms. The Morgan fingerprint density at radius 2 is 2.36 bits per heavy atom. The zero-order valence-corrected chi connectivity index (χ0v) is 9.20. The normalized spacial score (nSPS) is 11.7. The van der Waals surface area contributed by atoms with Gasteiger partial charge in [0.25, 0.3) is 0 Å². The molecule has 0 fully saturated rings. The summed E-state index contributed by atoms with van der Waals surface area (Å²) in [5.41, 5.74) is 1.16. The Hall–Kier alpha value is -1.09. The van der Waals surface area contributed by atoms with E-state index >= 15 is 0 Å². The van der Waals surface area contributed by atoms with Crippen LogP contribution in [-0.4, -0.2) is 22.9 Å². The fourth-order valence-electron chi connectivity index (χ4n) is 1.14. The molecular formula is C11H19N3. The molecule has 0 amide bonds. The first-order chi connectivity index (χ1) is 6.74. The van der Waals surface area contributed by atoms with E-state index in [-0.39, 0.29) is 0 Å². The van der Waals surface area contributed by atoms with E-state index in [0.717, 1.165) is 18.7 Å². The van der Waals surface area contributed by atoms with Gasteiger partial charge in [0.05, 0.1) is 6.20 Å². The van der Waals surface area contributed by atoms with Crippen LogP contribution in [0.1, 0.15) is 32.4 Å². The quantitative estimate of drug-likeness (QED) is 0.726. The van der Waals surface area contributed by atoms with Gasteiger partial charge in [-0.15, -0.1) is 0 Å². The molecule has 0 saturated heterocycles. The number of aromatic nitrogens is 2. The van der Waals surface area contributed by atoms with E-state index in [1.165, 1.54) is 0 Å². The molecule has 0 saturated carbocycles. The zero-order chi connectivity index (χ0) is 10.4. The highest BCUT2D eigenvalue weighted by Gasteiger charge is 1.97. The fourth-order valence-corrected chi connectivity index (χ4v) is 1.14. The first-order valence-electron chi connectivity index (χ1n) is 5.15. The molecule has 0 aliphatic carbocycles. The maximum atomic E-state index is 4.26. The molecule has 0 aliphatic rings. The van der Waals surface area contributed by atoms with Crippen LogP contribution in [0.3, 0.4) is 0 Å². The van der Waals surface area contributed by atoms with E-state index in [0.29, 0.717) is 6.04 Å². The zero-order valence-electron chi connectivity index (χ0n) is 9.20. The van der Waals surface area contributed by atoms with Gasteiger partial charge in [0.1, 0.15) is 0 Å². The van der Waals surface area contributed by atoms with E-state index in [2.05, 4.69) is 49.5 Å². The van der Waals surface area contributed by atoms with Crippen LogP contribution in [-0.2, 0) is 0 Å². The van der Waals surface area contributed by atoms with Crippen LogP contribution in [0.4, 0.5) is 0 Å². The molecule has 3 nitrogen and oxygen atoms in total. The van der Waals surface area contributed by atoms with Crippen molar-refractivity contribution in [2.75, 3.05) is 13.1 Å². The molecule has 0 atom stereocenters. The molecule has 0 spiro atoms. The Morgan fingerprint density at radius 1 is 1.57 bits per heavy atom. The van der Waals surface area contributed by atoms with Gasteiger partial charge in [-0.1, -0.05) is 19.1 Å². The summed E-state index contributed by atoms with van der Waals surface area (Å²) >= 11 is 0. The molecule has 0 bridgehead atoms. The lowest BCUT2D eigenvalue weighted by atomic mass is 10.3. The van der Waals surface area contributed by atoms with Crippen LogP contribution >= 0.6 is 0 Å². The molecule has 0 aromatic carbocycles. The largest absolute Gasteiger partial charge is 0.314 e. The van der Waals surface area contributed by atoms with Crippen LogP contribution in [0, 0.1) is 0 Å². The molecule has 1 aromatic heterocycles. The van der Waals surface area contributed by atoms with Gasteiger partial charge < -0.3 is 5.32 Å². The Balaban J connectivity index is 2.47. The molecule has 1 N–H and O–H groups in total. The van der Waals surface area contributed by atoms with Crippen LogP contribution in [0.15, 0.2) is 18.5 Å². The van der Waals surface area contributed by atoms with Crippen molar-refractivity contribution >= 4 is 6.08 Å². The minimum Gasteiger partial charge on any atom is -0.314 e. The molecule has 14 heavy (non-hydrogen) atoms. The van der Waals surface area contributed by atoms with Gasteiger partial charge in [0, 0.05) is 24.3 Å². The van der Waals surface area contributed by atoms with E-state index in [1.54, 1.807) is 0 Å². The van der Waals surface area contributed by atoms with Crippen molar-refractivity contribution in [2.45, 2.75) is 26.8 Å². The van der Waals surface area contributed by atoms with Crippen molar-refractivity contribution in [1.29, 1.82) is 0 Å². The molecule has 1 rings (SSSR count). The third kappa shape index (κ3) is 3.34. The van der Waals surface area contributed by atoms with Crippen LogP contribution in [0.5, 0.6) is 0 Å². The van der Waals surface area contributed by atoms with Gasteiger partial charge in [-0.3, -0.25) is 4.68 Å². The maximum Gasteiger partial charge on any atom is 0.0562 e. The van der Waals surface area contributed by atoms with Crippen molar-refractivity contribution in [3.05, 3.63) is 24.0 Å². The van der Waals surface area contributed by atoms with Crippen molar-refractivity contribution in [3.63, 3.8) is 0 Å². The van der Waals surface area contributed by atoms with E-state index in [4.69, 9.17) is 0 Å². The Kier molecular flexibility index (Phi) is 4.40. The molecule has 1 aromatic rings. The van der Waals surface area contributed by atoms with Crippen molar-refractivity contribution in [1.82, 2.24) is 15.1 Å². The standard InChI is InChI=1S/C11H19N3/c1-4-12-7-5-6-11-8-13-14(9-11)10(2)3/h5-6,8-10,12H,4,7H2,1-3H3/b6-5+. The summed E-state index contributed by atoms with van der Waals surface area (Å²) in [6, 6.07) is 0.436. The minimum absolute atomic E-state index is 0.436. The Labute approximate surface area is 85.8 Å². The molecule has 0 radical (unpaired) electrons. The molecule has 0 unspecified atom stereocenters. The summed E-state index contributed by atoms with van der Waals surface area (Å²) in [5, 5.41) is 7.49. The second kappa shape index (κ2) is 5.60. The highest BCUT2D eigenvalue weighted by molar-refractivity contribution is 5.46. The Bertz CT molecular complexity index is 286. The first kappa shape index (κ1) is 11.0. The third-order valence-corrected chi connectivity index (χ3v) is 1.97. The molecular weight excluding hydrogens is 174 g/mol. The smallest absolute Gasteiger partial charge is 0.0562 e. The number of hydrogen-bond acceptors (Lipinski definition) is 2. The summed E-state index contributed by atoms with van der Waals surface area (Å²) in [4.78, 5) is 0. The summed E-state index contributed by atoms with van der Waals surface area (Å²) in [5.74, 6) is 0. The van der Waals surface area contributed by atoms with Gasteiger partial charge in [-0.25, -0.2) is 0 Å². The highest BCUT2D eigenvalue weighted by Crippen LogP contribution is 2.06. The average molecular weight is 193 g/mol. The van der Waals surface area contributed by atoms with Crippen LogP contribution in [0.25, 0.3) is 6.08 Å². The third-order valence-electron chi connectivity index (χ3n) is 1.97. The predicted molar refractivity (Wildman–Crippen MR) is 60.2 cm³/mol. The van der Waals surface area contributed by atoms with Gasteiger partial charge in [-0.2, -0.15) is 5.10 Å². The Morgan fingerprint density at radius 3 is 2.93 bits per heavy atom. The van der Waals surface area contributed by atoms with Gasteiger partial charge in [-0.05, 0) is 20.4 Å². The van der Waals surface area contributed by atoms with E-state index in [9.17, 15) is 0 Å². The molecule has 78 valence electrons. The number of rotatable bonds is 5. The monoisotopic (exact) mass is 193 g/mol. The van der Waals surface area contributed by atoms with E-state index in [1.807, 2.05) is 10.9 Å². The number of nitrogens with zero attached hydrogens (tertiary/aromatic N) is 2. The predicted octanol–water partition coefficient (Wildman–Crippen LogP) is 2.09. The van der Waals surface area contributed by atoms with Gasteiger partial charge in [0.15, 0.2) is 0 Å². The topological polar surface area (TPSA) is 29.9 Å². The lowest BCUT2D eigenvalue weighted by Gasteiger charge is -2.02. The number of nitrogens with one attached hydrogen (secondary N) is 1. The summed E-state index contributed by atoms with van der Waals surface area (Å²) in [6.07, 6.45) is 8.16. The van der Waals surface area contributed by atoms with Gasteiger partial charge in [0.2, 0.25) is 0 Å². The van der Waals surface area contributed by atoms with Crippen molar-refractivity contribution < 1.29 is 0 Å². The van der Waals surface area contributed by atoms with Crippen molar-refractivity contribution in [3.8, 4) is 0 Å². The highest BCUT2D eigenvalue weighted by atomic mass is 15.3. The second-order valence-corrected chi connectivity index (χ2v) is 3.56. The van der Waals surface area contributed by atoms with Crippen LogP contribution < -0.4 is 5.32 Å². The maximum absolute atomic E-state index is 4.26. The number of hydrogen-bond donors (Lipinski definition) is 1. The molecule has 1 heterocycles. The van der Waals surface area contributed by atoms with Crippen molar-refractivity contribution in [2.24, 2.45) is 0 Å². The summed E-state index contributed by atoms with van der Waals surface area (Å²) < 4.78 is 1.97. The van der Waals surface area contributed by atoms with Crippen LogP contribution in [0.2, 0.25) is 0 Å². The van der Waals surface area contributed by atoms with Gasteiger partial charge >= 0.3 is 0 Å². The number of likely N-dealkylation sites (N-methyl/N-ethyl adjacent to an activating group) is 1. The first-order valence-corrected chi connectivity index (χ1v) is 5.15. The lowest BCUT2D eigenvalue weighted by Crippen LogP contribution is -2.11. The SMILES string of the molecule is CCNC/C=C/c1cnn(C(C)C)c1. The minimum atomic E-state index is 0.436. The second-order valence-electron chi connectivity index (χ2n) is 3.56. The summed E-state index contributed by atoms with van der Waals surface area (Å²) in [6.45, 7) is 8.28. The average Bonchev–Trinajstić information content (AvgIpc) is 2.61. The fraction of sp³-hybridized carbons (Fsp3) is 0.545. The summed E-state index contributed by atoms with van der Waals surface area (Å²) in [7, 11) is 0. The lowest BCUT2D eigenvalue weighted by molar-refractivity contribution is 0.532. The molecule has 0 aliphatic heterocycles. The van der Waals surface area contributed by atoms with E-state index < -0.39 is 0 Å².